The van der Waals surface area contributed by atoms with Crippen molar-refractivity contribution in [2.75, 3.05) is 12.8 Å². The second-order valence-electron chi connectivity index (χ2n) is 5.13. The van der Waals surface area contributed by atoms with Gasteiger partial charge < -0.3 is 5.32 Å². The molecule has 1 unspecified atom stereocenters. The van der Waals surface area contributed by atoms with Crippen LogP contribution < -0.4 is 5.32 Å². The fourth-order valence-electron chi connectivity index (χ4n) is 2.32. The maximum atomic E-state index is 3.69. The molecule has 2 heteroatoms. The van der Waals surface area contributed by atoms with Gasteiger partial charge in [0.15, 0.2) is 0 Å². The molecular formula is C17H29NS. The zero-order valence-electron chi connectivity index (χ0n) is 12.7. The summed E-state index contributed by atoms with van der Waals surface area (Å²) < 4.78 is 0. The Labute approximate surface area is 123 Å². The average Bonchev–Trinajstić information content (AvgIpc) is 2.47. The van der Waals surface area contributed by atoms with Crippen molar-refractivity contribution in [2.24, 2.45) is 0 Å². The Hall–Kier alpha value is -0.470. The van der Waals surface area contributed by atoms with Gasteiger partial charge >= 0.3 is 0 Å². The Kier molecular flexibility index (Phi) is 9.02. The van der Waals surface area contributed by atoms with E-state index in [2.05, 4.69) is 49.7 Å². The monoisotopic (exact) mass is 279 g/mol. The average molecular weight is 279 g/mol. The van der Waals surface area contributed by atoms with Gasteiger partial charge in [0.25, 0.3) is 0 Å². The van der Waals surface area contributed by atoms with Gasteiger partial charge in [-0.15, -0.1) is 11.8 Å². The van der Waals surface area contributed by atoms with Crippen LogP contribution in [0.15, 0.2) is 29.2 Å². The van der Waals surface area contributed by atoms with Crippen LogP contribution >= 0.6 is 11.8 Å². The third-order valence-corrected chi connectivity index (χ3v) is 4.25. The van der Waals surface area contributed by atoms with Crippen LogP contribution in [0.2, 0.25) is 0 Å². The molecule has 0 heterocycles. The first kappa shape index (κ1) is 16.6. The van der Waals surface area contributed by atoms with Gasteiger partial charge in [-0.05, 0) is 43.3 Å². The van der Waals surface area contributed by atoms with Crippen LogP contribution in [0.25, 0.3) is 0 Å². The molecule has 0 saturated carbocycles. The Morgan fingerprint density at radius 1 is 1.00 bits per heavy atom. The molecule has 0 fully saturated rings. The maximum absolute atomic E-state index is 3.69. The first-order valence-corrected chi connectivity index (χ1v) is 8.91. The van der Waals surface area contributed by atoms with E-state index in [4.69, 9.17) is 0 Å². The predicted molar refractivity (Wildman–Crippen MR) is 88.0 cm³/mol. The largest absolute Gasteiger partial charge is 0.310 e. The van der Waals surface area contributed by atoms with Crippen LogP contribution in [-0.4, -0.2) is 12.8 Å². The number of unbranched alkanes of at least 4 members (excludes halogenated alkanes) is 3. The van der Waals surface area contributed by atoms with Gasteiger partial charge in [0, 0.05) is 10.9 Å². The van der Waals surface area contributed by atoms with Crippen molar-refractivity contribution in [1.82, 2.24) is 5.32 Å². The minimum absolute atomic E-state index is 0.535. The highest BCUT2D eigenvalue weighted by Gasteiger charge is 2.10. The Morgan fingerprint density at radius 3 is 2.32 bits per heavy atom. The third kappa shape index (κ3) is 6.49. The lowest BCUT2D eigenvalue weighted by Gasteiger charge is -2.19. The van der Waals surface area contributed by atoms with E-state index in [1.165, 1.54) is 49.0 Å². The van der Waals surface area contributed by atoms with Crippen molar-refractivity contribution in [1.29, 1.82) is 0 Å². The van der Waals surface area contributed by atoms with Crippen LogP contribution in [0.3, 0.4) is 0 Å². The summed E-state index contributed by atoms with van der Waals surface area (Å²) in [5, 5.41) is 3.69. The van der Waals surface area contributed by atoms with Crippen LogP contribution in [0.4, 0.5) is 0 Å². The lowest BCUT2D eigenvalue weighted by Crippen LogP contribution is -2.22. The summed E-state index contributed by atoms with van der Waals surface area (Å²) in [5.41, 5.74) is 1.45. The molecule has 0 amide bonds. The van der Waals surface area contributed by atoms with E-state index in [0.717, 1.165) is 6.54 Å². The molecule has 1 aromatic carbocycles. The molecule has 0 aliphatic heterocycles. The Morgan fingerprint density at radius 2 is 1.74 bits per heavy atom. The third-order valence-electron chi connectivity index (χ3n) is 3.51. The summed E-state index contributed by atoms with van der Waals surface area (Å²) in [5.74, 6) is 0. The zero-order valence-corrected chi connectivity index (χ0v) is 13.6. The second kappa shape index (κ2) is 10.3. The van der Waals surface area contributed by atoms with Gasteiger partial charge in [-0.3, -0.25) is 0 Å². The molecule has 0 spiro atoms. The molecule has 108 valence electrons. The molecule has 1 atom stereocenters. The van der Waals surface area contributed by atoms with Gasteiger partial charge in [0.2, 0.25) is 0 Å². The quantitative estimate of drug-likeness (QED) is 0.453. The Bertz CT molecular complexity index is 321. The lowest BCUT2D eigenvalue weighted by molar-refractivity contribution is 0.470. The minimum atomic E-state index is 0.535. The molecule has 0 saturated heterocycles. The molecule has 0 aliphatic rings. The number of hydrogen-bond acceptors (Lipinski definition) is 2. The van der Waals surface area contributed by atoms with E-state index in [1.54, 1.807) is 0 Å². The topological polar surface area (TPSA) is 12.0 Å². The van der Waals surface area contributed by atoms with Crippen LogP contribution in [0, 0.1) is 0 Å². The van der Waals surface area contributed by atoms with E-state index in [9.17, 15) is 0 Å². The molecule has 1 N–H and O–H groups in total. The van der Waals surface area contributed by atoms with Gasteiger partial charge in [0.05, 0.1) is 0 Å². The first-order chi connectivity index (χ1) is 9.31. The molecule has 1 aromatic rings. The summed E-state index contributed by atoms with van der Waals surface area (Å²) in [6.07, 6.45) is 9.98. The van der Waals surface area contributed by atoms with Gasteiger partial charge in [0.1, 0.15) is 0 Å². The molecular weight excluding hydrogens is 250 g/mol. The molecule has 0 aromatic heterocycles. The van der Waals surface area contributed by atoms with Crippen LogP contribution in [-0.2, 0) is 0 Å². The van der Waals surface area contributed by atoms with Gasteiger partial charge in [-0.2, -0.15) is 0 Å². The standard InChI is InChI=1S/C17H29NS/c1-4-6-7-8-9-17(18-14-5-2)15-10-12-16(19-3)13-11-15/h10-13,17-18H,4-9,14H2,1-3H3. The van der Waals surface area contributed by atoms with Crippen LogP contribution in [0.5, 0.6) is 0 Å². The van der Waals surface area contributed by atoms with Crippen molar-refractivity contribution in [3.05, 3.63) is 29.8 Å². The van der Waals surface area contributed by atoms with E-state index >= 15 is 0 Å². The number of hydrogen-bond donors (Lipinski definition) is 1. The van der Waals surface area contributed by atoms with E-state index in [-0.39, 0.29) is 0 Å². The SMILES string of the molecule is CCCCCCC(NCCC)c1ccc(SC)cc1. The summed E-state index contributed by atoms with van der Waals surface area (Å²) in [4.78, 5) is 1.35. The number of nitrogens with one attached hydrogen (secondary N) is 1. The summed E-state index contributed by atoms with van der Waals surface area (Å²) in [6.45, 7) is 5.62. The van der Waals surface area contributed by atoms with E-state index in [1.807, 2.05) is 11.8 Å². The summed E-state index contributed by atoms with van der Waals surface area (Å²) in [7, 11) is 0. The van der Waals surface area contributed by atoms with Gasteiger partial charge in [-0.1, -0.05) is 51.7 Å². The fraction of sp³-hybridized carbons (Fsp3) is 0.647. The molecule has 1 rings (SSSR count). The van der Waals surface area contributed by atoms with Crippen molar-refractivity contribution in [3.8, 4) is 0 Å². The molecule has 0 bridgehead atoms. The van der Waals surface area contributed by atoms with Gasteiger partial charge in [-0.25, -0.2) is 0 Å². The van der Waals surface area contributed by atoms with E-state index in [0.29, 0.717) is 6.04 Å². The predicted octanol–water partition coefficient (Wildman–Crippen LogP) is 5.42. The highest BCUT2D eigenvalue weighted by Crippen LogP contribution is 2.23. The molecule has 19 heavy (non-hydrogen) atoms. The highest BCUT2D eigenvalue weighted by molar-refractivity contribution is 7.98. The molecule has 1 nitrogen and oxygen atoms in total. The summed E-state index contributed by atoms with van der Waals surface area (Å²) in [6, 6.07) is 9.60. The van der Waals surface area contributed by atoms with Crippen molar-refractivity contribution >= 4 is 11.8 Å². The minimum Gasteiger partial charge on any atom is -0.310 e. The van der Waals surface area contributed by atoms with E-state index < -0.39 is 0 Å². The van der Waals surface area contributed by atoms with Crippen molar-refractivity contribution < 1.29 is 0 Å². The lowest BCUT2D eigenvalue weighted by atomic mass is 10.00. The zero-order chi connectivity index (χ0) is 13.9. The van der Waals surface area contributed by atoms with Crippen molar-refractivity contribution in [2.45, 2.75) is 63.3 Å². The van der Waals surface area contributed by atoms with Crippen molar-refractivity contribution in [3.63, 3.8) is 0 Å². The summed E-state index contributed by atoms with van der Waals surface area (Å²) >= 11 is 1.81. The smallest absolute Gasteiger partial charge is 0.0320 e. The highest BCUT2D eigenvalue weighted by atomic mass is 32.2. The molecule has 0 aliphatic carbocycles. The normalized spacial score (nSPS) is 12.6. The fourth-order valence-corrected chi connectivity index (χ4v) is 2.72. The number of rotatable bonds is 10. The maximum Gasteiger partial charge on any atom is 0.0320 e. The Balaban J connectivity index is 2.55. The second-order valence-corrected chi connectivity index (χ2v) is 6.01. The number of thioether (sulfide) groups is 1. The number of benzene rings is 1. The molecule has 0 radical (unpaired) electrons. The van der Waals surface area contributed by atoms with Crippen LogP contribution in [0.1, 0.15) is 64.0 Å². The first-order valence-electron chi connectivity index (χ1n) is 7.69.